The van der Waals surface area contributed by atoms with Gasteiger partial charge in [-0.25, -0.2) is 8.42 Å². The van der Waals surface area contributed by atoms with Crippen molar-refractivity contribution in [2.75, 3.05) is 25.4 Å². The first-order chi connectivity index (χ1) is 11.6. The Morgan fingerprint density at radius 3 is 2.38 bits per heavy atom. The summed E-state index contributed by atoms with van der Waals surface area (Å²) >= 11 is 0. The third-order valence-corrected chi connectivity index (χ3v) is 6.23. The number of aryl methyl sites for hydroxylation is 1. The molecule has 0 saturated carbocycles. The minimum absolute atomic E-state index is 0.177. The van der Waals surface area contributed by atoms with Crippen LogP contribution in [0.2, 0.25) is 0 Å². The van der Waals surface area contributed by atoms with Gasteiger partial charge in [0.1, 0.15) is 0 Å². The summed E-state index contributed by atoms with van der Waals surface area (Å²) < 4.78 is 32.6. The van der Waals surface area contributed by atoms with Crippen LogP contribution in [0.25, 0.3) is 0 Å². The fraction of sp³-hybridized carbons (Fsp3) is 0.368. The molecule has 0 amide bonds. The maximum atomic E-state index is 12.6. The van der Waals surface area contributed by atoms with E-state index in [1.807, 2.05) is 60.7 Å². The summed E-state index contributed by atoms with van der Waals surface area (Å²) in [6.07, 6.45) is 1.25. The monoisotopic (exact) mass is 345 g/mol. The number of hydrogen-bond acceptors (Lipinski definition) is 3. The van der Waals surface area contributed by atoms with Crippen LogP contribution in [-0.2, 0) is 21.2 Å². The molecule has 0 radical (unpaired) electrons. The van der Waals surface area contributed by atoms with Gasteiger partial charge in [0.15, 0.2) is 0 Å². The molecule has 0 bridgehead atoms. The molecule has 0 aliphatic carbocycles. The van der Waals surface area contributed by atoms with Crippen molar-refractivity contribution in [3.05, 3.63) is 71.8 Å². The normalized spacial score (nSPS) is 19.2. The Morgan fingerprint density at radius 2 is 1.67 bits per heavy atom. The second-order valence-electron chi connectivity index (χ2n) is 6.03. The highest BCUT2D eigenvalue weighted by Crippen LogP contribution is 2.24. The molecule has 2 aromatic carbocycles. The average molecular weight is 345 g/mol. The molecule has 1 unspecified atom stereocenters. The topological polar surface area (TPSA) is 46.6 Å². The summed E-state index contributed by atoms with van der Waals surface area (Å²) in [7, 11) is -3.24. The average Bonchev–Trinajstić information content (AvgIpc) is 2.63. The lowest BCUT2D eigenvalue weighted by Crippen LogP contribution is -2.43. The fourth-order valence-corrected chi connectivity index (χ4v) is 4.46. The molecule has 4 nitrogen and oxygen atoms in total. The van der Waals surface area contributed by atoms with E-state index in [0.717, 1.165) is 12.0 Å². The zero-order chi connectivity index (χ0) is 16.8. The molecule has 1 heterocycles. The van der Waals surface area contributed by atoms with E-state index in [2.05, 4.69) is 0 Å². The van der Waals surface area contributed by atoms with Gasteiger partial charge in [0.2, 0.25) is 10.0 Å². The summed E-state index contributed by atoms with van der Waals surface area (Å²) in [5.41, 5.74) is 2.21. The van der Waals surface area contributed by atoms with Crippen molar-refractivity contribution in [2.24, 2.45) is 0 Å². The molecule has 0 aromatic heterocycles. The van der Waals surface area contributed by atoms with Gasteiger partial charge in [-0.2, -0.15) is 4.31 Å². The predicted molar refractivity (Wildman–Crippen MR) is 95.3 cm³/mol. The zero-order valence-electron chi connectivity index (χ0n) is 13.7. The number of sulfonamides is 1. The van der Waals surface area contributed by atoms with Crippen molar-refractivity contribution < 1.29 is 13.2 Å². The summed E-state index contributed by atoms with van der Waals surface area (Å²) in [5.74, 6) is 0.184. The molecule has 1 saturated heterocycles. The van der Waals surface area contributed by atoms with Gasteiger partial charge in [0, 0.05) is 13.1 Å². The number of ether oxygens (including phenoxy) is 1. The molecule has 0 spiro atoms. The van der Waals surface area contributed by atoms with Crippen LogP contribution >= 0.6 is 0 Å². The molecule has 24 heavy (non-hydrogen) atoms. The lowest BCUT2D eigenvalue weighted by molar-refractivity contribution is -0.00254. The van der Waals surface area contributed by atoms with E-state index in [1.165, 1.54) is 5.56 Å². The van der Waals surface area contributed by atoms with Crippen LogP contribution in [0.3, 0.4) is 0 Å². The summed E-state index contributed by atoms with van der Waals surface area (Å²) in [5, 5.41) is 0. The summed E-state index contributed by atoms with van der Waals surface area (Å²) in [4.78, 5) is 0. The van der Waals surface area contributed by atoms with Crippen LogP contribution in [0.1, 0.15) is 23.7 Å². The van der Waals surface area contributed by atoms with Crippen LogP contribution in [0.15, 0.2) is 60.7 Å². The van der Waals surface area contributed by atoms with E-state index in [-0.39, 0.29) is 11.9 Å². The van der Waals surface area contributed by atoms with Crippen LogP contribution < -0.4 is 0 Å². The number of nitrogens with zero attached hydrogens (tertiary/aromatic N) is 1. The smallest absolute Gasteiger partial charge is 0.214 e. The first-order valence-electron chi connectivity index (χ1n) is 8.33. The Hall–Kier alpha value is -1.69. The lowest BCUT2D eigenvalue weighted by atomic mass is 10.1. The maximum absolute atomic E-state index is 12.6. The summed E-state index contributed by atoms with van der Waals surface area (Å²) in [6, 6.07) is 19.8. The van der Waals surface area contributed by atoms with Gasteiger partial charge in [-0.05, 0) is 24.0 Å². The highest BCUT2D eigenvalue weighted by molar-refractivity contribution is 7.89. The number of hydrogen-bond donors (Lipinski definition) is 0. The van der Waals surface area contributed by atoms with Gasteiger partial charge in [-0.3, -0.25) is 0 Å². The van der Waals surface area contributed by atoms with E-state index in [0.29, 0.717) is 26.1 Å². The Morgan fingerprint density at radius 1 is 1.00 bits per heavy atom. The van der Waals surface area contributed by atoms with Crippen molar-refractivity contribution >= 4 is 10.0 Å². The maximum Gasteiger partial charge on any atom is 0.214 e. The van der Waals surface area contributed by atoms with Gasteiger partial charge in [0.25, 0.3) is 0 Å². The second kappa shape index (κ2) is 7.92. The standard InChI is InChI=1S/C19H23NO3S/c21-24(22,15-7-10-17-8-3-1-4-9-17)20-13-14-23-19(16-20)18-11-5-2-6-12-18/h1-6,8-9,11-12,19H,7,10,13-16H2. The molecule has 0 N–H and O–H groups in total. The molecule has 3 rings (SSSR count). The van der Waals surface area contributed by atoms with Gasteiger partial charge in [-0.15, -0.1) is 0 Å². The van der Waals surface area contributed by atoms with Crippen molar-refractivity contribution in [3.63, 3.8) is 0 Å². The van der Waals surface area contributed by atoms with Crippen LogP contribution in [0, 0.1) is 0 Å². The van der Waals surface area contributed by atoms with Gasteiger partial charge >= 0.3 is 0 Å². The van der Waals surface area contributed by atoms with E-state index in [9.17, 15) is 8.42 Å². The van der Waals surface area contributed by atoms with E-state index in [4.69, 9.17) is 4.74 Å². The SMILES string of the molecule is O=S(=O)(CCCc1ccccc1)N1CCOC(c2ccccc2)C1. The quantitative estimate of drug-likeness (QED) is 0.808. The third kappa shape index (κ3) is 4.44. The molecule has 128 valence electrons. The lowest BCUT2D eigenvalue weighted by Gasteiger charge is -2.32. The second-order valence-corrected chi connectivity index (χ2v) is 8.12. The number of benzene rings is 2. The molecule has 1 fully saturated rings. The van der Waals surface area contributed by atoms with E-state index in [1.54, 1.807) is 4.31 Å². The third-order valence-electron chi connectivity index (χ3n) is 4.30. The zero-order valence-corrected chi connectivity index (χ0v) is 14.5. The Labute approximate surface area is 144 Å². The van der Waals surface area contributed by atoms with Crippen LogP contribution in [0.4, 0.5) is 0 Å². The van der Waals surface area contributed by atoms with E-state index >= 15 is 0 Å². The molecule has 2 aromatic rings. The van der Waals surface area contributed by atoms with Gasteiger partial charge < -0.3 is 4.74 Å². The van der Waals surface area contributed by atoms with Crippen molar-refractivity contribution in [1.82, 2.24) is 4.31 Å². The van der Waals surface area contributed by atoms with Gasteiger partial charge in [0.05, 0.1) is 18.5 Å². The highest BCUT2D eigenvalue weighted by atomic mass is 32.2. The first kappa shape index (κ1) is 17.1. The molecular weight excluding hydrogens is 322 g/mol. The Bertz CT molecular complexity index is 732. The van der Waals surface area contributed by atoms with Crippen molar-refractivity contribution in [1.29, 1.82) is 0 Å². The highest BCUT2D eigenvalue weighted by Gasteiger charge is 2.29. The van der Waals surface area contributed by atoms with E-state index < -0.39 is 10.0 Å². The fourth-order valence-electron chi connectivity index (χ4n) is 2.98. The molecule has 1 aliphatic rings. The first-order valence-corrected chi connectivity index (χ1v) is 9.94. The van der Waals surface area contributed by atoms with Gasteiger partial charge in [-0.1, -0.05) is 60.7 Å². The molecule has 1 aliphatic heterocycles. The Balaban J connectivity index is 1.57. The minimum Gasteiger partial charge on any atom is -0.371 e. The molecular formula is C19H23NO3S. The number of morpholine rings is 1. The molecule has 5 heteroatoms. The van der Waals surface area contributed by atoms with Crippen molar-refractivity contribution in [3.8, 4) is 0 Å². The van der Waals surface area contributed by atoms with Crippen molar-refractivity contribution in [2.45, 2.75) is 18.9 Å². The number of rotatable bonds is 6. The Kier molecular flexibility index (Phi) is 5.66. The van der Waals surface area contributed by atoms with Crippen LogP contribution in [-0.4, -0.2) is 38.2 Å². The summed E-state index contributed by atoms with van der Waals surface area (Å²) in [6.45, 7) is 1.28. The minimum atomic E-state index is -3.24. The largest absolute Gasteiger partial charge is 0.371 e. The molecule has 1 atom stereocenters. The predicted octanol–water partition coefficient (Wildman–Crippen LogP) is 3.02. The van der Waals surface area contributed by atoms with Crippen LogP contribution in [0.5, 0.6) is 0 Å².